The van der Waals surface area contributed by atoms with Gasteiger partial charge < -0.3 is 15.4 Å². The molecule has 1 saturated carbocycles. The Hall–Kier alpha value is -1.26. The Kier molecular flexibility index (Phi) is 6.31. The van der Waals surface area contributed by atoms with Crippen LogP contribution in [0, 0.1) is 5.92 Å². The number of benzene rings is 1. The molecule has 0 aromatic heterocycles. The van der Waals surface area contributed by atoms with Crippen molar-refractivity contribution in [3.63, 3.8) is 0 Å². The molecule has 1 saturated heterocycles. The zero-order valence-electron chi connectivity index (χ0n) is 13.9. The van der Waals surface area contributed by atoms with Crippen LogP contribution in [0.4, 0.5) is 0 Å². The Morgan fingerprint density at radius 3 is 2.61 bits per heavy atom. The summed E-state index contributed by atoms with van der Waals surface area (Å²) < 4.78 is 5.17. The van der Waals surface area contributed by atoms with Gasteiger partial charge in [0, 0.05) is 6.04 Å². The van der Waals surface area contributed by atoms with Crippen LogP contribution >= 0.6 is 12.4 Å². The fraction of sp³-hybridized carbons (Fsp3) is 0.611. The summed E-state index contributed by atoms with van der Waals surface area (Å²) in [7, 11) is 1.66. The van der Waals surface area contributed by atoms with E-state index in [4.69, 9.17) is 4.74 Å². The molecule has 0 spiro atoms. The highest BCUT2D eigenvalue weighted by Gasteiger charge is 2.38. The minimum atomic E-state index is -0.0196. The lowest BCUT2D eigenvalue weighted by atomic mass is 9.85. The minimum Gasteiger partial charge on any atom is -0.497 e. The molecule has 23 heavy (non-hydrogen) atoms. The van der Waals surface area contributed by atoms with Crippen molar-refractivity contribution in [3.8, 4) is 5.75 Å². The second kappa shape index (κ2) is 8.02. The first-order chi connectivity index (χ1) is 10.7. The fourth-order valence-electron chi connectivity index (χ4n) is 3.81. The number of hydrogen-bond acceptors (Lipinski definition) is 3. The lowest BCUT2D eigenvalue weighted by Gasteiger charge is -2.24. The van der Waals surface area contributed by atoms with Crippen molar-refractivity contribution in [3.05, 3.63) is 29.8 Å². The molecule has 4 unspecified atom stereocenters. The molecule has 1 heterocycles. The molecule has 1 aromatic rings. The Bertz CT molecular complexity index is 506. The van der Waals surface area contributed by atoms with Crippen molar-refractivity contribution >= 4 is 18.3 Å². The summed E-state index contributed by atoms with van der Waals surface area (Å²) in [4.78, 5) is 12.5. The molecular weight excluding hydrogens is 312 g/mol. The maximum atomic E-state index is 12.5. The lowest BCUT2D eigenvalue weighted by Crippen LogP contribution is -2.43. The van der Waals surface area contributed by atoms with Crippen LogP contribution in [0.15, 0.2) is 24.3 Å². The van der Waals surface area contributed by atoms with Crippen molar-refractivity contribution in [1.82, 2.24) is 10.6 Å². The molecule has 4 atom stereocenters. The van der Waals surface area contributed by atoms with Crippen LogP contribution in [0.2, 0.25) is 0 Å². The van der Waals surface area contributed by atoms with Gasteiger partial charge in [0.1, 0.15) is 5.75 Å². The van der Waals surface area contributed by atoms with Crippen molar-refractivity contribution < 1.29 is 9.53 Å². The number of methoxy groups -OCH3 is 1. The highest BCUT2D eigenvalue weighted by atomic mass is 35.5. The summed E-state index contributed by atoms with van der Waals surface area (Å²) in [6.07, 6.45) is 6.11. The van der Waals surface area contributed by atoms with Gasteiger partial charge >= 0.3 is 0 Å². The average molecular weight is 339 g/mol. The van der Waals surface area contributed by atoms with Gasteiger partial charge in [-0.1, -0.05) is 25.0 Å². The third-order valence-electron chi connectivity index (χ3n) is 5.15. The van der Waals surface area contributed by atoms with E-state index >= 15 is 0 Å². The third kappa shape index (κ3) is 4.18. The van der Waals surface area contributed by atoms with Crippen LogP contribution in [-0.4, -0.2) is 25.1 Å². The monoisotopic (exact) mass is 338 g/mol. The molecule has 2 N–H and O–H groups in total. The number of carbonyl (C=O) groups excluding carboxylic acids is 1. The number of halogens is 1. The summed E-state index contributed by atoms with van der Waals surface area (Å²) in [5.74, 6) is 1.67. The van der Waals surface area contributed by atoms with E-state index in [1.807, 2.05) is 31.2 Å². The molecular formula is C18H27ClN2O2. The molecule has 0 radical (unpaired) electrons. The van der Waals surface area contributed by atoms with E-state index in [1.165, 1.54) is 25.7 Å². The van der Waals surface area contributed by atoms with Gasteiger partial charge in [-0.2, -0.15) is 0 Å². The maximum Gasteiger partial charge on any atom is 0.237 e. The van der Waals surface area contributed by atoms with Crippen LogP contribution in [0.1, 0.15) is 50.6 Å². The molecule has 5 heteroatoms. The summed E-state index contributed by atoms with van der Waals surface area (Å²) in [5.41, 5.74) is 1.10. The maximum absolute atomic E-state index is 12.5. The van der Waals surface area contributed by atoms with E-state index in [0.717, 1.165) is 17.7 Å². The molecule has 3 rings (SSSR count). The second-order valence-electron chi connectivity index (χ2n) is 6.61. The van der Waals surface area contributed by atoms with Gasteiger partial charge in [-0.25, -0.2) is 0 Å². The van der Waals surface area contributed by atoms with Crippen molar-refractivity contribution in [2.45, 2.75) is 57.2 Å². The van der Waals surface area contributed by atoms with Crippen molar-refractivity contribution in [2.75, 3.05) is 7.11 Å². The molecule has 2 aliphatic rings. The van der Waals surface area contributed by atoms with Crippen LogP contribution in [0.5, 0.6) is 5.75 Å². The summed E-state index contributed by atoms with van der Waals surface area (Å²) in [5, 5.41) is 6.68. The fourth-order valence-corrected chi connectivity index (χ4v) is 3.81. The van der Waals surface area contributed by atoms with Gasteiger partial charge in [0.25, 0.3) is 0 Å². The van der Waals surface area contributed by atoms with Gasteiger partial charge in [0.05, 0.1) is 19.2 Å². The number of nitrogens with one attached hydrogen (secondary N) is 2. The second-order valence-corrected chi connectivity index (χ2v) is 6.61. The van der Waals surface area contributed by atoms with Gasteiger partial charge in [0.15, 0.2) is 0 Å². The van der Waals surface area contributed by atoms with E-state index in [2.05, 4.69) is 10.6 Å². The number of hydrogen-bond donors (Lipinski definition) is 2. The first kappa shape index (κ1) is 18.1. The number of amides is 1. The smallest absolute Gasteiger partial charge is 0.237 e. The lowest BCUT2D eigenvalue weighted by molar-refractivity contribution is -0.123. The normalized spacial score (nSPS) is 27.5. The van der Waals surface area contributed by atoms with E-state index in [-0.39, 0.29) is 30.4 Å². The molecule has 1 amide bonds. The number of carbonyl (C=O) groups is 1. The number of fused-ring (bicyclic) bond motifs is 1. The van der Waals surface area contributed by atoms with Gasteiger partial charge in [-0.3, -0.25) is 4.79 Å². The Labute approximate surface area is 144 Å². The van der Waals surface area contributed by atoms with Crippen LogP contribution in [0.3, 0.4) is 0 Å². The first-order valence-corrected chi connectivity index (χ1v) is 8.37. The van der Waals surface area contributed by atoms with Crippen molar-refractivity contribution in [2.24, 2.45) is 5.92 Å². The Balaban J connectivity index is 0.00000192. The Morgan fingerprint density at radius 1 is 1.26 bits per heavy atom. The predicted molar refractivity (Wildman–Crippen MR) is 94.1 cm³/mol. The quantitative estimate of drug-likeness (QED) is 0.886. The highest BCUT2D eigenvalue weighted by molar-refractivity contribution is 5.85. The minimum absolute atomic E-state index is 0. The van der Waals surface area contributed by atoms with Gasteiger partial charge in [0.2, 0.25) is 5.91 Å². The SMILES string of the molecule is COc1ccc(C(C)NC(=O)C2CC3CCCCC3N2)cc1.Cl. The average Bonchev–Trinajstić information content (AvgIpc) is 2.99. The summed E-state index contributed by atoms with van der Waals surface area (Å²) >= 11 is 0. The molecule has 1 aromatic carbocycles. The summed E-state index contributed by atoms with van der Waals surface area (Å²) in [6.45, 7) is 2.03. The third-order valence-corrected chi connectivity index (χ3v) is 5.15. The predicted octanol–water partition coefficient (Wildman–Crippen LogP) is 3.21. The number of ether oxygens (including phenoxy) is 1. The zero-order valence-corrected chi connectivity index (χ0v) is 14.7. The molecule has 1 aliphatic carbocycles. The molecule has 128 valence electrons. The summed E-state index contributed by atoms with van der Waals surface area (Å²) in [6, 6.07) is 8.43. The largest absolute Gasteiger partial charge is 0.497 e. The topological polar surface area (TPSA) is 50.4 Å². The molecule has 4 nitrogen and oxygen atoms in total. The van der Waals surface area contributed by atoms with E-state index < -0.39 is 0 Å². The number of rotatable bonds is 4. The highest BCUT2D eigenvalue weighted by Crippen LogP contribution is 2.33. The van der Waals surface area contributed by atoms with E-state index in [9.17, 15) is 4.79 Å². The van der Waals surface area contributed by atoms with Crippen LogP contribution < -0.4 is 15.4 Å². The zero-order chi connectivity index (χ0) is 15.5. The molecule has 0 bridgehead atoms. The molecule has 2 fully saturated rings. The molecule has 1 aliphatic heterocycles. The van der Waals surface area contributed by atoms with E-state index in [1.54, 1.807) is 7.11 Å². The van der Waals surface area contributed by atoms with Gasteiger partial charge in [-0.15, -0.1) is 12.4 Å². The Morgan fingerprint density at radius 2 is 1.96 bits per heavy atom. The van der Waals surface area contributed by atoms with E-state index in [0.29, 0.717) is 12.0 Å². The van der Waals surface area contributed by atoms with Crippen LogP contribution in [0.25, 0.3) is 0 Å². The van der Waals surface area contributed by atoms with Crippen molar-refractivity contribution in [1.29, 1.82) is 0 Å². The van der Waals surface area contributed by atoms with Gasteiger partial charge in [-0.05, 0) is 49.8 Å². The first-order valence-electron chi connectivity index (χ1n) is 8.37. The standard InChI is InChI=1S/C18H26N2O2.ClH/c1-12(13-7-9-15(22-2)10-8-13)19-18(21)17-11-14-5-3-4-6-16(14)20-17;/h7-10,12,14,16-17,20H,3-6,11H2,1-2H3,(H,19,21);1H. The van der Waals surface area contributed by atoms with Crippen LogP contribution in [-0.2, 0) is 4.79 Å².